The molecule has 0 spiro atoms. The second-order valence-corrected chi connectivity index (χ2v) is 5.39. The molecular formula is C11H18N2OS. The zero-order valence-corrected chi connectivity index (χ0v) is 10.2. The Bertz CT molecular complexity index is 268. The third-order valence-electron chi connectivity index (χ3n) is 3.03. The van der Waals surface area contributed by atoms with Gasteiger partial charge in [0, 0.05) is 6.54 Å². The van der Waals surface area contributed by atoms with E-state index in [9.17, 15) is 4.79 Å². The van der Waals surface area contributed by atoms with Gasteiger partial charge in [0.15, 0.2) is 0 Å². The monoisotopic (exact) mass is 226 g/mol. The van der Waals surface area contributed by atoms with E-state index in [0.29, 0.717) is 12.3 Å². The Morgan fingerprint density at radius 3 is 2.93 bits per heavy atom. The predicted molar refractivity (Wildman–Crippen MR) is 62.5 cm³/mol. The number of carbonyl (C=O) groups excluding carboxylic acids is 1. The highest BCUT2D eigenvalue weighted by Crippen LogP contribution is 2.24. The second kappa shape index (κ2) is 5.41. The van der Waals surface area contributed by atoms with Crippen molar-refractivity contribution in [2.24, 2.45) is 11.3 Å². The molecule has 1 aliphatic heterocycles. The summed E-state index contributed by atoms with van der Waals surface area (Å²) < 4.78 is 0. The van der Waals surface area contributed by atoms with Gasteiger partial charge in [-0.1, -0.05) is 6.92 Å². The summed E-state index contributed by atoms with van der Waals surface area (Å²) in [5.74, 6) is 2.81. The number of hydrogen-bond donors (Lipinski definition) is 1. The molecule has 0 aliphatic carbocycles. The van der Waals surface area contributed by atoms with Gasteiger partial charge in [0.25, 0.3) is 0 Å². The van der Waals surface area contributed by atoms with Crippen LogP contribution < -0.4 is 5.32 Å². The molecule has 2 atom stereocenters. The summed E-state index contributed by atoms with van der Waals surface area (Å²) >= 11 is 1.94. The standard InChI is InChI=1S/C11H18N2OS/c1-3-11(2,8-12)10(14)13-6-9-4-5-15-7-9/h9H,3-7H2,1-2H3,(H,13,14). The first-order chi connectivity index (χ1) is 7.12. The van der Waals surface area contributed by atoms with E-state index in [2.05, 4.69) is 11.4 Å². The van der Waals surface area contributed by atoms with Crippen molar-refractivity contribution in [1.82, 2.24) is 5.32 Å². The maximum absolute atomic E-state index is 11.7. The van der Waals surface area contributed by atoms with Crippen LogP contribution >= 0.6 is 11.8 Å². The molecular weight excluding hydrogens is 208 g/mol. The molecule has 0 radical (unpaired) electrons. The van der Waals surface area contributed by atoms with Gasteiger partial charge in [0.2, 0.25) is 5.91 Å². The smallest absolute Gasteiger partial charge is 0.240 e. The molecule has 15 heavy (non-hydrogen) atoms. The lowest BCUT2D eigenvalue weighted by atomic mass is 9.88. The van der Waals surface area contributed by atoms with Crippen molar-refractivity contribution in [2.45, 2.75) is 26.7 Å². The molecule has 84 valence electrons. The fourth-order valence-electron chi connectivity index (χ4n) is 1.47. The average molecular weight is 226 g/mol. The first-order valence-corrected chi connectivity index (χ1v) is 6.55. The Labute approximate surface area is 95.6 Å². The van der Waals surface area contributed by atoms with Crippen LogP contribution in [-0.4, -0.2) is 24.0 Å². The van der Waals surface area contributed by atoms with Crippen LogP contribution in [0.5, 0.6) is 0 Å². The minimum Gasteiger partial charge on any atom is -0.354 e. The SMILES string of the molecule is CCC(C)(C#N)C(=O)NCC1CCSC1. The number of hydrogen-bond acceptors (Lipinski definition) is 3. The van der Waals surface area contributed by atoms with Gasteiger partial charge in [0.1, 0.15) is 5.41 Å². The number of nitrogens with zero attached hydrogens (tertiary/aromatic N) is 1. The van der Waals surface area contributed by atoms with E-state index in [0.717, 1.165) is 12.3 Å². The highest BCUT2D eigenvalue weighted by molar-refractivity contribution is 7.99. The third-order valence-corrected chi connectivity index (χ3v) is 4.26. The Kier molecular flexibility index (Phi) is 4.46. The van der Waals surface area contributed by atoms with Gasteiger partial charge in [-0.25, -0.2) is 0 Å². The lowest BCUT2D eigenvalue weighted by Gasteiger charge is -2.19. The van der Waals surface area contributed by atoms with E-state index in [1.165, 1.54) is 12.2 Å². The Balaban J connectivity index is 2.38. The van der Waals surface area contributed by atoms with Crippen LogP contribution in [0.4, 0.5) is 0 Å². The van der Waals surface area contributed by atoms with E-state index >= 15 is 0 Å². The molecule has 1 fully saturated rings. The number of nitriles is 1. The molecule has 0 aromatic rings. The van der Waals surface area contributed by atoms with Gasteiger partial charge in [-0.3, -0.25) is 4.79 Å². The van der Waals surface area contributed by atoms with Crippen LogP contribution in [-0.2, 0) is 4.79 Å². The van der Waals surface area contributed by atoms with Gasteiger partial charge in [-0.05, 0) is 37.2 Å². The van der Waals surface area contributed by atoms with Gasteiger partial charge in [-0.15, -0.1) is 0 Å². The van der Waals surface area contributed by atoms with Crippen LogP contribution in [0.3, 0.4) is 0 Å². The van der Waals surface area contributed by atoms with Crippen molar-refractivity contribution in [3.8, 4) is 6.07 Å². The van der Waals surface area contributed by atoms with Crippen molar-refractivity contribution in [1.29, 1.82) is 5.26 Å². The van der Waals surface area contributed by atoms with E-state index in [1.54, 1.807) is 6.92 Å². The van der Waals surface area contributed by atoms with Crippen molar-refractivity contribution in [2.75, 3.05) is 18.1 Å². The fraction of sp³-hybridized carbons (Fsp3) is 0.818. The van der Waals surface area contributed by atoms with E-state index in [1.807, 2.05) is 18.7 Å². The predicted octanol–water partition coefficient (Wildman–Crippen LogP) is 1.80. The molecule has 0 aromatic carbocycles. The maximum Gasteiger partial charge on any atom is 0.240 e. The van der Waals surface area contributed by atoms with Crippen molar-refractivity contribution in [3.05, 3.63) is 0 Å². The molecule has 1 aliphatic rings. The second-order valence-electron chi connectivity index (χ2n) is 4.24. The summed E-state index contributed by atoms with van der Waals surface area (Å²) in [7, 11) is 0. The molecule has 1 heterocycles. The molecule has 1 N–H and O–H groups in total. The molecule has 1 rings (SSSR count). The minimum atomic E-state index is -0.855. The summed E-state index contributed by atoms with van der Waals surface area (Å²) in [5, 5.41) is 11.8. The minimum absolute atomic E-state index is 0.121. The first kappa shape index (κ1) is 12.4. The Morgan fingerprint density at radius 1 is 1.73 bits per heavy atom. The number of nitrogens with one attached hydrogen (secondary N) is 1. The summed E-state index contributed by atoms with van der Waals surface area (Å²) in [6, 6.07) is 2.09. The number of amides is 1. The maximum atomic E-state index is 11.7. The topological polar surface area (TPSA) is 52.9 Å². The summed E-state index contributed by atoms with van der Waals surface area (Å²) in [4.78, 5) is 11.7. The molecule has 1 amide bonds. The Hall–Kier alpha value is -0.690. The summed E-state index contributed by atoms with van der Waals surface area (Å²) in [6.07, 6.45) is 1.75. The van der Waals surface area contributed by atoms with Gasteiger partial charge < -0.3 is 5.32 Å². The normalized spacial score (nSPS) is 24.2. The lowest BCUT2D eigenvalue weighted by molar-refractivity contribution is -0.127. The van der Waals surface area contributed by atoms with Gasteiger partial charge in [-0.2, -0.15) is 17.0 Å². The van der Waals surface area contributed by atoms with Crippen LogP contribution in [0.15, 0.2) is 0 Å². The van der Waals surface area contributed by atoms with E-state index < -0.39 is 5.41 Å². The molecule has 0 aromatic heterocycles. The zero-order chi connectivity index (χ0) is 11.3. The molecule has 2 unspecified atom stereocenters. The number of rotatable bonds is 4. The molecule has 4 heteroatoms. The Morgan fingerprint density at radius 2 is 2.47 bits per heavy atom. The van der Waals surface area contributed by atoms with Crippen LogP contribution in [0.2, 0.25) is 0 Å². The molecule has 1 saturated heterocycles. The van der Waals surface area contributed by atoms with E-state index in [-0.39, 0.29) is 5.91 Å². The average Bonchev–Trinajstić information content (AvgIpc) is 2.77. The fourth-order valence-corrected chi connectivity index (χ4v) is 2.75. The van der Waals surface area contributed by atoms with Crippen LogP contribution in [0.1, 0.15) is 26.7 Å². The summed E-state index contributed by atoms with van der Waals surface area (Å²) in [6.45, 7) is 4.29. The summed E-state index contributed by atoms with van der Waals surface area (Å²) in [5.41, 5.74) is -0.855. The van der Waals surface area contributed by atoms with Crippen molar-refractivity contribution in [3.63, 3.8) is 0 Å². The quantitative estimate of drug-likeness (QED) is 0.795. The first-order valence-electron chi connectivity index (χ1n) is 5.39. The van der Waals surface area contributed by atoms with E-state index in [4.69, 9.17) is 5.26 Å². The largest absolute Gasteiger partial charge is 0.354 e. The third kappa shape index (κ3) is 3.13. The van der Waals surface area contributed by atoms with Crippen molar-refractivity contribution >= 4 is 17.7 Å². The van der Waals surface area contributed by atoms with Crippen LogP contribution in [0.25, 0.3) is 0 Å². The number of carbonyl (C=O) groups is 1. The highest BCUT2D eigenvalue weighted by Gasteiger charge is 2.31. The van der Waals surface area contributed by atoms with Gasteiger partial charge in [0.05, 0.1) is 6.07 Å². The van der Waals surface area contributed by atoms with Crippen LogP contribution in [0, 0.1) is 22.7 Å². The van der Waals surface area contributed by atoms with Crippen molar-refractivity contribution < 1.29 is 4.79 Å². The number of thioether (sulfide) groups is 1. The lowest BCUT2D eigenvalue weighted by Crippen LogP contribution is -2.40. The molecule has 0 bridgehead atoms. The molecule has 3 nitrogen and oxygen atoms in total. The highest BCUT2D eigenvalue weighted by atomic mass is 32.2. The molecule has 0 saturated carbocycles. The van der Waals surface area contributed by atoms with Gasteiger partial charge >= 0.3 is 0 Å². The zero-order valence-electron chi connectivity index (χ0n) is 9.38.